The Bertz CT molecular complexity index is 512. The zero-order valence-electron chi connectivity index (χ0n) is 9.93. The monoisotopic (exact) mass is 233 g/mol. The fourth-order valence-electron chi connectivity index (χ4n) is 1.64. The van der Waals surface area contributed by atoms with Gasteiger partial charge in [0.1, 0.15) is 5.82 Å². The number of hydrogen-bond donors (Lipinski definition) is 1. The van der Waals surface area contributed by atoms with Gasteiger partial charge in [-0.3, -0.25) is 10.1 Å². The number of hydrogen-bond acceptors (Lipinski definition) is 3. The molecule has 0 unspecified atom stereocenters. The van der Waals surface area contributed by atoms with Gasteiger partial charge in [0, 0.05) is 31.6 Å². The van der Waals surface area contributed by atoms with Crippen molar-refractivity contribution in [2.24, 2.45) is 0 Å². The zero-order valence-corrected chi connectivity index (χ0v) is 9.93. The third-order valence-electron chi connectivity index (χ3n) is 2.91. The van der Waals surface area contributed by atoms with E-state index in [1.165, 1.54) is 0 Å². The standard InChI is InChI=1S/C12H15N3O2/c1-12(2,15(16)17)8-7-11-13-9-5-3-4-6-10(9)14-11/h3-6H,7-8H2,1-2H3,(H,13,14). The Labute approximate surface area is 99.0 Å². The molecule has 2 rings (SSSR count). The van der Waals surface area contributed by atoms with Crippen LogP contribution < -0.4 is 0 Å². The van der Waals surface area contributed by atoms with Gasteiger partial charge in [0.25, 0.3) is 0 Å². The molecule has 0 bridgehead atoms. The summed E-state index contributed by atoms with van der Waals surface area (Å²) in [6.45, 7) is 3.27. The molecule has 0 amide bonds. The van der Waals surface area contributed by atoms with Gasteiger partial charge in [0.2, 0.25) is 5.54 Å². The SMILES string of the molecule is CC(C)(CCc1nc2ccccc2[nH]1)[N+](=O)[O-]. The number of aromatic nitrogens is 2. The molecule has 0 aliphatic heterocycles. The van der Waals surface area contributed by atoms with Gasteiger partial charge in [-0.2, -0.15) is 0 Å². The molecule has 17 heavy (non-hydrogen) atoms. The molecule has 1 aromatic carbocycles. The number of rotatable bonds is 4. The van der Waals surface area contributed by atoms with Crippen LogP contribution in [0.25, 0.3) is 11.0 Å². The van der Waals surface area contributed by atoms with Gasteiger partial charge in [-0.15, -0.1) is 0 Å². The highest BCUT2D eigenvalue weighted by molar-refractivity contribution is 5.74. The molecule has 0 saturated heterocycles. The number of H-pyrrole nitrogens is 1. The van der Waals surface area contributed by atoms with Crippen LogP contribution in [0.3, 0.4) is 0 Å². The van der Waals surface area contributed by atoms with Crippen LogP contribution in [0.2, 0.25) is 0 Å². The summed E-state index contributed by atoms with van der Waals surface area (Å²) in [5.74, 6) is 0.807. The maximum atomic E-state index is 10.8. The van der Waals surface area contributed by atoms with E-state index in [0.29, 0.717) is 12.8 Å². The van der Waals surface area contributed by atoms with Gasteiger partial charge in [-0.05, 0) is 12.1 Å². The van der Waals surface area contributed by atoms with E-state index in [-0.39, 0.29) is 4.92 Å². The maximum Gasteiger partial charge on any atom is 0.217 e. The topological polar surface area (TPSA) is 71.8 Å². The van der Waals surface area contributed by atoms with Crippen molar-refractivity contribution in [3.05, 3.63) is 40.2 Å². The van der Waals surface area contributed by atoms with E-state index in [0.717, 1.165) is 16.9 Å². The minimum absolute atomic E-state index is 0.240. The molecule has 5 heteroatoms. The van der Waals surface area contributed by atoms with Gasteiger partial charge < -0.3 is 4.98 Å². The van der Waals surface area contributed by atoms with E-state index in [1.54, 1.807) is 13.8 Å². The van der Waals surface area contributed by atoms with Gasteiger partial charge in [0.05, 0.1) is 11.0 Å². The highest BCUT2D eigenvalue weighted by Crippen LogP contribution is 2.17. The summed E-state index contributed by atoms with van der Waals surface area (Å²) in [6.07, 6.45) is 1.06. The minimum atomic E-state index is -0.904. The van der Waals surface area contributed by atoms with Gasteiger partial charge >= 0.3 is 0 Å². The van der Waals surface area contributed by atoms with E-state index in [4.69, 9.17) is 0 Å². The molecule has 1 aromatic heterocycles. The van der Waals surface area contributed by atoms with Crippen molar-refractivity contribution in [3.63, 3.8) is 0 Å². The number of nitrogens with one attached hydrogen (secondary N) is 1. The second-order valence-corrected chi connectivity index (χ2v) is 4.77. The third kappa shape index (κ3) is 2.43. The van der Waals surface area contributed by atoms with Crippen molar-refractivity contribution in [2.45, 2.75) is 32.2 Å². The predicted molar refractivity (Wildman–Crippen MR) is 65.5 cm³/mol. The zero-order chi connectivity index (χ0) is 12.5. The summed E-state index contributed by atoms with van der Waals surface area (Å²) in [5, 5.41) is 10.8. The Morgan fingerprint density at radius 1 is 1.41 bits per heavy atom. The van der Waals surface area contributed by atoms with Crippen LogP contribution in [0.4, 0.5) is 0 Å². The van der Waals surface area contributed by atoms with Gasteiger partial charge in [-0.1, -0.05) is 12.1 Å². The van der Waals surface area contributed by atoms with Crippen molar-refractivity contribution in [2.75, 3.05) is 0 Å². The van der Waals surface area contributed by atoms with E-state index in [1.807, 2.05) is 24.3 Å². The summed E-state index contributed by atoms with van der Waals surface area (Å²) in [7, 11) is 0. The molecule has 1 heterocycles. The average molecular weight is 233 g/mol. The molecule has 0 fully saturated rings. The molecule has 2 aromatic rings. The van der Waals surface area contributed by atoms with Crippen LogP contribution in [0.1, 0.15) is 26.1 Å². The molecular weight excluding hydrogens is 218 g/mol. The normalized spacial score (nSPS) is 11.9. The van der Waals surface area contributed by atoms with E-state index in [9.17, 15) is 10.1 Å². The number of aryl methyl sites for hydroxylation is 1. The minimum Gasteiger partial charge on any atom is -0.342 e. The molecule has 0 saturated carbocycles. The average Bonchev–Trinajstić information content (AvgIpc) is 2.69. The molecule has 5 nitrogen and oxygen atoms in total. The van der Waals surface area contributed by atoms with Crippen molar-refractivity contribution in [3.8, 4) is 0 Å². The van der Waals surface area contributed by atoms with Crippen LogP contribution in [0.15, 0.2) is 24.3 Å². The lowest BCUT2D eigenvalue weighted by atomic mass is 9.99. The number of para-hydroxylation sites is 2. The smallest absolute Gasteiger partial charge is 0.217 e. The van der Waals surface area contributed by atoms with Crippen LogP contribution in [0, 0.1) is 10.1 Å². The van der Waals surface area contributed by atoms with Crippen molar-refractivity contribution in [1.82, 2.24) is 9.97 Å². The lowest BCUT2D eigenvalue weighted by Crippen LogP contribution is -2.31. The van der Waals surface area contributed by atoms with Crippen molar-refractivity contribution < 1.29 is 4.92 Å². The Morgan fingerprint density at radius 2 is 2.12 bits per heavy atom. The summed E-state index contributed by atoms with van der Waals surface area (Å²) in [4.78, 5) is 18.1. The first-order chi connectivity index (χ1) is 7.99. The Kier molecular flexibility index (Phi) is 2.83. The van der Waals surface area contributed by atoms with Crippen LogP contribution in [0.5, 0.6) is 0 Å². The number of fused-ring (bicyclic) bond motifs is 1. The first kappa shape index (κ1) is 11.6. The van der Waals surface area contributed by atoms with E-state index in [2.05, 4.69) is 9.97 Å². The largest absolute Gasteiger partial charge is 0.342 e. The molecule has 0 radical (unpaired) electrons. The molecule has 0 spiro atoms. The van der Waals surface area contributed by atoms with Crippen molar-refractivity contribution in [1.29, 1.82) is 0 Å². The van der Waals surface area contributed by atoms with E-state index < -0.39 is 5.54 Å². The van der Waals surface area contributed by atoms with Crippen LogP contribution in [-0.2, 0) is 6.42 Å². The fraction of sp³-hybridized carbons (Fsp3) is 0.417. The molecule has 1 N–H and O–H groups in total. The predicted octanol–water partition coefficient (Wildman–Crippen LogP) is 2.55. The first-order valence-corrected chi connectivity index (χ1v) is 5.57. The number of nitrogens with zero attached hydrogens (tertiary/aromatic N) is 2. The van der Waals surface area contributed by atoms with Crippen molar-refractivity contribution >= 4 is 11.0 Å². The molecule has 0 aliphatic rings. The molecule has 0 atom stereocenters. The Hall–Kier alpha value is -1.91. The van der Waals surface area contributed by atoms with Crippen LogP contribution >= 0.6 is 0 Å². The summed E-state index contributed by atoms with van der Waals surface area (Å²) >= 11 is 0. The molecule has 90 valence electrons. The quantitative estimate of drug-likeness (QED) is 0.651. The summed E-state index contributed by atoms with van der Waals surface area (Å²) in [6, 6.07) is 7.73. The third-order valence-corrected chi connectivity index (χ3v) is 2.91. The molecule has 0 aliphatic carbocycles. The van der Waals surface area contributed by atoms with Gasteiger partial charge in [0.15, 0.2) is 0 Å². The summed E-state index contributed by atoms with van der Waals surface area (Å²) in [5.41, 5.74) is 0.974. The van der Waals surface area contributed by atoms with Gasteiger partial charge in [-0.25, -0.2) is 4.98 Å². The fourth-order valence-corrected chi connectivity index (χ4v) is 1.64. The number of aromatic amines is 1. The summed E-state index contributed by atoms with van der Waals surface area (Å²) < 4.78 is 0. The maximum absolute atomic E-state index is 10.8. The Balaban J connectivity index is 2.12. The molecular formula is C12H15N3O2. The Morgan fingerprint density at radius 3 is 2.76 bits per heavy atom. The second kappa shape index (κ2) is 4.16. The highest BCUT2D eigenvalue weighted by Gasteiger charge is 2.30. The number of nitro groups is 1. The highest BCUT2D eigenvalue weighted by atomic mass is 16.6. The lowest BCUT2D eigenvalue weighted by Gasteiger charge is -2.13. The van der Waals surface area contributed by atoms with Crippen LogP contribution in [-0.4, -0.2) is 20.4 Å². The first-order valence-electron chi connectivity index (χ1n) is 5.57. The van der Waals surface area contributed by atoms with E-state index >= 15 is 0 Å². The number of benzene rings is 1. The second-order valence-electron chi connectivity index (χ2n) is 4.77. The lowest BCUT2D eigenvalue weighted by molar-refractivity contribution is -0.561. The number of imidazole rings is 1.